The van der Waals surface area contributed by atoms with E-state index in [2.05, 4.69) is 24.1 Å². The van der Waals surface area contributed by atoms with Crippen LogP contribution in [0.15, 0.2) is 54.6 Å². The van der Waals surface area contributed by atoms with E-state index in [1.165, 1.54) is 0 Å². The summed E-state index contributed by atoms with van der Waals surface area (Å²) >= 11 is 5.99. The van der Waals surface area contributed by atoms with Gasteiger partial charge in [-0.05, 0) is 37.7 Å². The molecule has 25 heavy (non-hydrogen) atoms. The van der Waals surface area contributed by atoms with Crippen LogP contribution < -0.4 is 4.74 Å². The summed E-state index contributed by atoms with van der Waals surface area (Å²) in [6, 6.07) is 17.4. The Morgan fingerprint density at radius 2 is 1.92 bits per heavy atom. The maximum Gasteiger partial charge on any atom is 0.263 e. The molecule has 2 aromatic rings. The minimum absolute atomic E-state index is 0.00179. The van der Waals surface area contributed by atoms with Crippen molar-refractivity contribution >= 4 is 17.5 Å². The Kier molecular flexibility index (Phi) is 5.61. The van der Waals surface area contributed by atoms with E-state index in [1.54, 1.807) is 19.1 Å². The first kappa shape index (κ1) is 17.8. The van der Waals surface area contributed by atoms with E-state index in [0.717, 1.165) is 18.7 Å². The van der Waals surface area contributed by atoms with Crippen molar-refractivity contribution < 1.29 is 9.53 Å². The number of hydrogen-bond acceptors (Lipinski definition) is 3. The molecule has 2 atom stereocenters. The second kappa shape index (κ2) is 7.89. The van der Waals surface area contributed by atoms with E-state index in [0.29, 0.717) is 17.3 Å². The summed E-state index contributed by atoms with van der Waals surface area (Å²) in [5.41, 5.74) is 1.15. The van der Waals surface area contributed by atoms with Crippen molar-refractivity contribution in [1.29, 1.82) is 0 Å². The van der Waals surface area contributed by atoms with Crippen molar-refractivity contribution in [2.45, 2.75) is 19.1 Å². The van der Waals surface area contributed by atoms with Crippen LogP contribution in [0.1, 0.15) is 18.5 Å². The van der Waals surface area contributed by atoms with Crippen molar-refractivity contribution in [2.75, 3.05) is 26.7 Å². The van der Waals surface area contributed by atoms with Gasteiger partial charge in [0.1, 0.15) is 5.75 Å². The first-order valence-corrected chi connectivity index (χ1v) is 8.88. The molecule has 1 heterocycles. The summed E-state index contributed by atoms with van der Waals surface area (Å²) in [4.78, 5) is 17.2. The normalized spacial score (nSPS) is 19.5. The number of nitrogens with zero attached hydrogens (tertiary/aromatic N) is 2. The van der Waals surface area contributed by atoms with Gasteiger partial charge in [-0.1, -0.05) is 48.0 Å². The number of carbonyl (C=O) groups excluding carboxylic acids is 1. The number of carbonyl (C=O) groups is 1. The lowest BCUT2D eigenvalue weighted by Crippen LogP contribution is -2.52. The van der Waals surface area contributed by atoms with Gasteiger partial charge in [0.2, 0.25) is 0 Å². The molecule has 0 radical (unpaired) electrons. The minimum Gasteiger partial charge on any atom is -0.481 e. The Hall–Kier alpha value is -2.04. The maximum atomic E-state index is 13.0. The van der Waals surface area contributed by atoms with Crippen LogP contribution in [0.4, 0.5) is 0 Å². The number of likely N-dealkylation sites (N-methyl/N-ethyl adjacent to an activating group) is 1. The molecule has 0 unspecified atom stereocenters. The van der Waals surface area contributed by atoms with Crippen LogP contribution >= 0.6 is 11.6 Å². The zero-order valence-corrected chi connectivity index (χ0v) is 15.3. The highest BCUT2D eigenvalue weighted by atomic mass is 35.5. The zero-order chi connectivity index (χ0) is 17.8. The van der Waals surface area contributed by atoms with E-state index in [4.69, 9.17) is 16.3 Å². The molecule has 4 nitrogen and oxygen atoms in total. The molecule has 1 fully saturated rings. The zero-order valence-electron chi connectivity index (χ0n) is 14.6. The fourth-order valence-electron chi connectivity index (χ4n) is 3.17. The molecule has 1 saturated heterocycles. The molecule has 5 heteroatoms. The second-order valence-corrected chi connectivity index (χ2v) is 6.87. The predicted octanol–water partition coefficient (Wildman–Crippen LogP) is 3.62. The Labute approximate surface area is 154 Å². The van der Waals surface area contributed by atoms with Crippen molar-refractivity contribution in [3.8, 4) is 5.75 Å². The van der Waals surface area contributed by atoms with Crippen molar-refractivity contribution in [3.05, 3.63) is 65.2 Å². The highest BCUT2D eigenvalue weighted by Crippen LogP contribution is 2.26. The standard InChI is InChI=1S/C20H23ClN2O2/c1-15(25-18-10-6-9-17(21)13-18)20(24)23-12-11-22(2)14-19(23)16-7-4-3-5-8-16/h3-10,13,15,19H,11-12,14H2,1-2H3/t15-,19+/m0/s1. The summed E-state index contributed by atoms with van der Waals surface area (Å²) in [7, 11) is 2.09. The van der Waals surface area contributed by atoms with Gasteiger partial charge in [0.15, 0.2) is 6.10 Å². The lowest BCUT2D eigenvalue weighted by molar-refractivity contribution is -0.143. The molecule has 1 aliphatic heterocycles. The van der Waals surface area contributed by atoms with Gasteiger partial charge in [0, 0.05) is 24.7 Å². The average Bonchev–Trinajstić information content (AvgIpc) is 2.62. The average molecular weight is 359 g/mol. The molecule has 0 aromatic heterocycles. The van der Waals surface area contributed by atoms with Gasteiger partial charge in [-0.3, -0.25) is 4.79 Å². The Morgan fingerprint density at radius 3 is 2.64 bits per heavy atom. The topological polar surface area (TPSA) is 32.8 Å². The molecule has 0 aliphatic carbocycles. The number of amides is 1. The number of hydrogen-bond donors (Lipinski definition) is 0. The Bertz CT molecular complexity index is 723. The van der Waals surface area contributed by atoms with E-state index in [9.17, 15) is 4.79 Å². The molecule has 132 valence electrons. The highest BCUT2D eigenvalue weighted by Gasteiger charge is 2.33. The third-order valence-electron chi connectivity index (χ3n) is 4.51. The van der Waals surface area contributed by atoms with Crippen LogP contribution in [0.2, 0.25) is 5.02 Å². The molecule has 3 rings (SSSR count). The maximum absolute atomic E-state index is 13.0. The number of ether oxygens (including phenoxy) is 1. The van der Waals surface area contributed by atoms with Gasteiger partial charge >= 0.3 is 0 Å². The largest absolute Gasteiger partial charge is 0.481 e. The summed E-state index contributed by atoms with van der Waals surface area (Å²) in [5.74, 6) is 0.612. The summed E-state index contributed by atoms with van der Waals surface area (Å²) in [6.45, 7) is 4.17. The number of piperazine rings is 1. The number of rotatable bonds is 4. The predicted molar refractivity (Wildman–Crippen MR) is 99.9 cm³/mol. The Balaban J connectivity index is 1.76. The van der Waals surface area contributed by atoms with E-state index in [-0.39, 0.29) is 11.9 Å². The van der Waals surface area contributed by atoms with Gasteiger partial charge < -0.3 is 14.5 Å². The monoisotopic (exact) mass is 358 g/mol. The van der Waals surface area contributed by atoms with Crippen LogP contribution in [0.25, 0.3) is 0 Å². The fourth-order valence-corrected chi connectivity index (χ4v) is 3.35. The van der Waals surface area contributed by atoms with Crippen molar-refractivity contribution in [2.24, 2.45) is 0 Å². The number of benzene rings is 2. The molecular formula is C20H23ClN2O2. The smallest absolute Gasteiger partial charge is 0.263 e. The van der Waals surface area contributed by atoms with Gasteiger partial charge in [0.25, 0.3) is 5.91 Å². The summed E-state index contributed by atoms with van der Waals surface area (Å²) < 4.78 is 5.83. The molecule has 1 amide bonds. The summed E-state index contributed by atoms with van der Waals surface area (Å²) in [5, 5.41) is 0.596. The van der Waals surface area contributed by atoms with Gasteiger partial charge in [-0.15, -0.1) is 0 Å². The SMILES string of the molecule is C[C@H](Oc1cccc(Cl)c1)C(=O)N1CCN(C)C[C@@H]1c1ccccc1. The minimum atomic E-state index is -0.562. The Morgan fingerprint density at radius 1 is 1.16 bits per heavy atom. The van der Waals surface area contributed by atoms with Crippen LogP contribution in [0.5, 0.6) is 5.75 Å². The molecule has 0 N–H and O–H groups in total. The van der Waals surface area contributed by atoms with Crippen molar-refractivity contribution in [1.82, 2.24) is 9.80 Å². The van der Waals surface area contributed by atoms with Crippen LogP contribution in [0.3, 0.4) is 0 Å². The molecule has 0 bridgehead atoms. The lowest BCUT2D eigenvalue weighted by atomic mass is 10.0. The molecule has 0 spiro atoms. The molecule has 2 aromatic carbocycles. The molecular weight excluding hydrogens is 336 g/mol. The van der Waals surface area contributed by atoms with Crippen molar-refractivity contribution in [3.63, 3.8) is 0 Å². The highest BCUT2D eigenvalue weighted by molar-refractivity contribution is 6.30. The molecule has 1 aliphatic rings. The van der Waals surface area contributed by atoms with Crippen LogP contribution in [0, 0.1) is 0 Å². The first-order valence-electron chi connectivity index (χ1n) is 8.51. The van der Waals surface area contributed by atoms with Gasteiger partial charge in [-0.25, -0.2) is 0 Å². The fraction of sp³-hybridized carbons (Fsp3) is 0.350. The van der Waals surface area contributed by atoms with E-state index in [1.807, 2.05) is 35.2 Å². The quantitative estimate of drug-likeness (QED) is 0.836. The second-order valence-electron chi connectivity index (χ2n) is 6.44. The first-order chi connectivity index (χ1) is 12.0. The molecule has 0 saturated carbocycles. The van der Waals surface area contributed by atoms with E-state index >= 15 is 0 Å². The van der Waals surface area contributed by atoms with Gasteiger partial charge in [0.05, 0.1) is 6.04 Å². The summed E-state index contributed by atoms with van der Waals surface area (Å²) in [6.07, 6.45) is -0.562. The third kappa shape index (κ3) is 4.33. The van der Waals surface area contributed by atoms with Crippen LogP contribution in [-0.2, 0) is 4.79 Å². The van der Waals surface area contributed by atoms with Crippen LogP contribution in [-0.4, -0.2) is 48.5 Å². The lowest BCUT2D eigenvalue weighted by Gasteiger charge is -2.41. The third-order valence-corrected chi connectivity index (χ3v) is 4.74. The van der Waals surface area contributed by atoms with E-state index < -0.39 is 6.10 Å². The number of halogens is 1. The van der Waals surface area contributed by atoms with Gasteiger partial charge in [-0.2, -0.15) is 0 Å².